The monoisotopic (exact) mass is 636 g/mol. The van der Waals surface area contributed by atoms with Gasteiger partial charge in [0.05, 0.1) is 22.6 Å². The Labute approximate surface area is 265 Å². The molecule has 0 saturated carbocycles. The standard InChI is InChI=1S/C37H22F6N4/c1-35-11-10-23(21-5-3-7-25(13-21)37(41,42)43)15-32(35)34(47-19-45)30-16-27-26-9-8-22(20-4-2-6-24(12-20)36(38,39)40)14-28(26)33(46-18-44)29(27)17-31(30)35/h2-7,10-17,32H,8-9H2,1H3. The molecule has 3 aromatic carbocycles. The molecule has 0 saturated heterocycles. The third-order valence-electron chi connectivity index (χ3n) is 9.45. The molecule has 2 unspecified atom stereocenters. The molecule has 3 aromatic rings. The molecule has 7 rings (SSSR count). The van der Waals surface area contributed by atoms with E-state index in [-0.39, 0.29) is 0 Å². The number of halogens is 6. The van der Waals surface area contributed by atoms with E-state index >= 15 is 0 Å². The summed E-state index contributed by atoms with van der Waals surface area (Å²) in [5.74, 6) is -0.460. The van der Waals surface area contributed by atoms with Crippen molar-refractivity contribution in [1.82, 2.24) is 0 Å². The van der Waals surface area contributed by atoms with Gasteiger partial charge in [0.2, 0.25) is 12.4 Å². The molecule has 4 aliphatic carbocycles. The van der Waals surface area contributed by atoms with Crippen molar-refractivity contribution >= 4 is 28.1 Å². The fraction of sp³-hybridized carbons (Fsp3) is 0.189. The van der Waals surface area contributed by atoms with Gasteiger partial charge in [-0.1, -0.05) is 49.4 Å². The van der Waals surface area contributed by atoms with Crippen LogP contribution in [0.2, 0.25) is 0 Å². The van der Waals surface area contributed by atoms with Gasteiger partial charge in [-0.2, -0.15) is 46.9 Å². The maximum atomic E-state index is 13.5. The third-order valence-corrected chi connectivity index (χ3v) is 9.45. The number of rotatable bonds is 2. The van der Waals surface area contributed by atoms with Gasteiger partial charge in [0.15, 0.2) is 0 Å². The van der Waals surface area contributed by atoms with E-state index in [1.807, 2.05) is 43.6 Å². The number of hydrogen-bond donors (Lipinski definition) is 0. The van der Waals surface area contributed by atoms with Crippen LogP contribution in [0.1, 0.15) is 64.3 Å². The lowest BCUT2D eigenvalue weighted by atomic mass is 9.71. The van der Waals surface area contributed by atoms with Crippen molar-refractivity contribution in [2.45, 2.75) is 37.5 Å². The van der Waals surface area contributed by atoms with Crippen molar-refractivity contribution < 1.29 is 26.3 Å². The normalized spacial score (nSPS) is 23.0. The predicted molar refractivity (Wildman–Crippen MR) is 166 cm³/mol. The molecule has 0 amide bonds. The average molecular weight is 637 g/mol. The van der Waals surface area contributed by atoms with Gasteiger partial charge in [-0.05, 0) is 94.3 Å². The third kappa shape index (κ3) is 4.83. The van der Waals surface area contributed by atoms with Crippen molar-refractivity contribution in [2.24, 2.45) is 15.9 Å². The lowest BCUT2D eigenvalue weighted by Gasteiger charge is -2.31. The van der Waals surface area contributed by atoms with Crippen molar-refractivity contribution in [3.8, 4) is 12.4 Å². The molecule has 0 radical (unpaired) electrons. The number of benzene rings is 3. The first-order valence-electron chi connectivity index (χ1n) is 14.7. The summed E-state index contributed by atoms with van der Waals surface area (Å²) in [6.45, 7) is 1.97. The van der Waals surface area contributed by atoms with Crippen LogP contribution in [0.25, 0.3) is 16.7 Å². The van der Waals surface area contributed by atoms with Crippen LogP contribution in [0.4, 0.5) is 26.3 Å². The fourth-order valence-corrected chi connectivity index (χ4v) is 7.17. The van der Waals surface area contributed by atoms with Crippen LogP contribution in [0.5, 0.6) is 0 Å². The van der Waals surface area contributed by atoms with E-state index in [0.29, 0.717) is 63.2 Å². The summed E-state index contributed by atoms with van der Waals surface area (Å²) in [6.07, 6.45) is 3.06. The summed E-state index contributed by atoms with van der Waals surface area (Å²) in [4.78, 5) is 8.36. The number of fused-ring (bicyclic) bond motifs is 5. The van der Waals surface area contributed by atoms with E-state index in [0.717, 1.165) is 41.0 Å². The molecule has 0 fully saturated rings. The van der Waals surface area contributed by atoms with Gasteiger partial charge in [0.1, 0.15) is 0 Å². The molecule has 4 aliphatic rings. The molecule has 232 valence electrons. The predicted octanol–water partition coefficient (Wildman–Crippen LogP) is 9.45. The quantitative estimate of drug-likeness (QED) is 0.208. The Balaban J connectivity index is 1.34. The lowest BCUT2D eigenvalue weighted by molar-refractivity contribution is -0.138. The van der Waals surface area contributed by atoms with Gasteiger partial charge < -0.3 is 0 Å². The maximum absolute atomic E-state index is 13.5. The summed E-state index contributed by atoms with van der Waals surface area (Å²) in [6, 6.07) is 14.1. The molecule has 0 aliphatic heterocycles. The molecule has 2 atom stereocenters. The lowest BCUT2D eigenvalue weighted by Crippen LogP contribution is -2.29. The van der Waals surface area contributed by atoms with E-state index < -0.39 is 34.8 Å². The highest BCUT2D eigenvalue weighted by molar-refractivity contribution is 6.27. The smallest absolute Gasteiger partial charge is 0.177 e. The number of alkyl halides is 6. The zero-order valence-electron chi connectivity index (χ0n) is 24.6. The first kappa shape index (κ1) is 30.2. The summed E-state index contributed by atoms with van der Waals surface area (Å²) in [5.41, 5.74) is 5.32. The molecule has 0 bridgehead atoms. The largest absolute Gasteiger partial charge is 0.416 e. The molecule has 10 heteroatoms. The molecule has 0 spiro atoms. The topological polar surface area (TPSA) is 72.3 Å². The van der Waals surface area contributed by atoms with Crippen LogP contribution in [0.15, 0.2) is 101 Å². The summed E-state index contributed by atoms with van der Waals surface area (Å²) in [5, 5.41) is 19.3. The molecule has 4 nitrogen and oxygen atoms in total. The Kier molecular flexibility index (Phi) is 6.76. The Hall–Kier alpha value is -5.48. The fourth-order valence-electron chi connectivity index (χ4n) is 7.17. The van der Waals surface area contributed by atoms with Crippen LogP contribution in [-0.4, -0.2) is 11.4 Å². The number of allylic oxidation sites excluding steroid dienone is 8. The highest BCUT2D eigenvalue weighted by Crippen LogP contribution is 2.53. The van der Waals surface area contributed by atoms with Crippen LogP contribution in [0, 0.1) is 28.8 Å². The minimum Gasteiger partial charge on any atom is -0.177 e. The van der Waals surface area contributed by atoms with Gasteiger partial charge in [0.25, 0.3) is 0 Å². The van der Waals surface area contributed by atoms with Crippen molar-refractivity contribution in [3.63, 3.8) is 0 Å². The summed E-state index contributed by atoms with van der Waals surface area (Å²) in [7, 11) is 0. The van der Waals surface area contributed by atoms with E-state index in [4.69, 9.17) is 0 Å². The molecule has 0 heterocycles. The van der Waals surface area contributed by atoms with E-state index in [2.05, 4.69) is 9.98 Å². The first-order chi connectivity index (χ1) is 22.3. The minimum atomic E-state index is -4.50. The van der Waals surface area contributed by atoms with Crippen molar-refractivity contribution in [3.05, 3.63) is 135 Å². The SMILES string of the molecule is CC12C=CC(c3cccc(C(F)(F)F)c3)=CC1C(=NC#N)c1cc3c(cc12)C(=NC#N)C1=C3CCC(c2cccc(C(F)(F)F)c2)=C1. The number of nitrogens with zero attached hydrogens (tertiary/aromatic N) is 4. The minimum absolute atomic E-state index is 0.386. The average Bonchev–Trinajstić information content (AvgIpc) is 3.47. The van der Waals surface area contributed by atoms with Crippen LogP contribution in [0.3, 0.4) is 0 Å². The summed E-state index contributed by atoms with van der Waals surface area (Å²) < 4.78 is 80.7. The zero-order chi connectivity index (χ0) is 33.3. The van der Waals surface area contributed by atoms with Crippen molar-refractivity contribution in [1.29, 1.82) is 10.5 Å². The zero-order valence-corrected chi connectivity index (χ0v) is 24.6. The summed E-state index contributed by atoms with van der Waals surface area (Å²) >= 11 is 0. The number of nitriles is 2. The van der Waals surface area contributed by atoms with Crippen LogP contribution >= 0.6 is 0 Å². The van der Waals surface area contributed by atoms with Crippen molar-refractivity contribution in [2.75, 3.05) is 0 Å². The second kappa shape index (κ2) is 10.5. The van der Waals surface area contributed by atoms with E-state index in [1.54, 1.807) is 24.3 Å². The molecular formula is C37H22F6N4. The van der Waals surface area contributed by atoms with Crippen LogP contribution < -0.4 is 0 Å². The Morgan fingerprint density at radius 3 is 2.11 bits per heavy atom. The van der Waals surface area contributed by atoms with E-state index in [9.17, 15) is 36.9 Å². The molecule has 0 aromatic heterocycles. The molecule has 0 N–H and O–H groups in total. The Morgan fingerprint density at radius 2 is 1.45 bits per heavy atom. The maximum Gasteiger partial charge on any atom is 0.416 e. The van der Waals surface area contributed by atoms with Gasteiger partial charge in [-0.3, -0.25) is 0 Å². The van der Waals surface area contributed by atoms with Gasteiger partial charge in [-0.15, -0.1) is 0 Å². The van der Waals surface area contributed by atoms with Gasteiger partial charge in [-0.25, -0.2) is 0 Å². The highest BCUT2D eigenvalue weighted by Gasteiger charge is 2.48. The van der Waals surface area contributed by atoms with E-state index in [1.165, 1.54) is 12.1 Å². The highest BCUT2D eigenvalue weighted by atomic mass is 19.4. The second-order valence-corrected chi connectivity index (χ2v) is 12.0. The Bertz CT molecular complexity index is 2160. The Morgan fingerprint density at radius 1 is 0.787 bits per heavy atom. The second-order valence-electron chi connectivity index (χ2n) is 12.0. The first-order valence-corrected chi connectivity index (χ1v) is 14.7. The number of aliphatic imine (C=N–C) groups is 2. The van der Waals surface area contributed by atoms with Gasteiger partial charge >= 0.3 is 12.4 Å². The van der Waals surface area contributed by atoms with Crippen LogP contribution in [-0.2, 0) is 17.8 Å². The molecule has 47 heavy (non-hydrogen) atoms. The van der Waals surface area contributed by atoms with Gasteiger partial charge in [0, 0.05) is 28.0 Å². The number of hydrogen-bond acceptors (Lipinski definition) is 4. The molecular weight excluding hydrogens is 614 g/mol.